The van der Waals surface area contributed by atoms with Gasteiger partial charge in [-0.3, -0.25) is 4.79 Å². The summed E-state index contributed by atoms with van der Waals surface area (Å²) in [6, 6.07) is 4.57. The minimum atomic E-state index is -0.464. The van der Waals surface area contributed by atoms with Crippen molar-refractivity contribution in [1.29, 1.82) is 5.26 Å². The number of carbonyl (C=O) groups excluding carboxylic acids is 1. The molecule has 1 atom stereocenters. The number of thiophene rings is 1. The first-order valence-corrected chi connectivity index (χ1v) is 7.41. The summed E-state index contributed by atoms with van der Waals surface area (Å²) in [7, 11) is 0. The van der Waals surface area contributed by atoms with Crippen LogP contribution in [0, 0.1) is 17.2 Å². The fraction of sp³-hybridized carbons (Fsp3) is 0.571. The molecular formula is C14H18N2OS. The topological polar surface area (TPSA) is 44.1 Å². The fourth-order valence-corrected chi connectivity index (χ4v) is 2.74. The standard InChI is InChI=1S/C14H18N2OS/c1-2-3-12(8-15)14(17)16(13-4-5-13)9-11-6-7-18-10-11/h6-7,10,12-13H,2-5,9H2,1H3. The van der Waals surface area contributed by atoms with E-state index in [9.17, 15) is 4.79 Å². The summed E-state index contributed by atoms with van der Waals surface area (Å²) in [5, 5.41) is 13.2. The van der Waals surface area contributed by atoms with Crippen LogP contribution in [0.25, 0.3) is 0 Å². The summed E-state index contributed by atoms with van der Waals surface area (Å²) in [6.07, 6.45) is 3.71. The summed E-state index contributed by atoms with van der Waals surface area (Å²) in [6.45, 7) is 2.67. The Labute approximate surface area is 112 Å². The molecule has 1 aliphatic carbocycles. The summed E-state index contributed by atoms with van der Waals surface area (Å²) in [4.78, 5) is 14.3. The van der Waals surface area contributed by atoms with E-state index in [2.05, 4.69) is 17.5 Å². The highest BCUT2D eigenvalue weighted by Crippen LogP contribution is 2.30. The third kappa shape index (κ3) is 3.11. The first-order chi connectivity index (χ1) is 8.76. The number of hydrogen-bond acceptors (Lipinski definition) is 3. The zero-order valence-electron chi connectivity index (χ0n) is 10.6. The fourth-order valence-electron chi connectivity index (χ4n) is 2.08. The molecule has 1 heterocycles. The summed E-state index contributed by atoms with van der Waals surface area (Å²) in [5.41, 5.74) is 1.17. The lowest BCUT2D eigenvalue weighted by Crippen LogP contribution is -2.36. The van der Waals surface area contributed by atoms with Gasteiger partial charge in [0.05, 0.1) is 6.07 Å². The van der Waals surface area contributed by atoms with Crippen LogP contribution in [0.3, 0.4) is 0 Å². The second-order valence-electron chi connectivity index (χ2n) is 4.80. The smallest absolute Gasteiger partial charge is 0.240 e. The van der Waals surface area contributed by atoms with Crippen molar-refractivity contribution in [2.45, 2.75) is 45.2 Å². The largest absolute Gasteiger partial charge is 0.334 e. The van der Waals surface area contributed by atoms with Crippen molar-refractivity contribution in [3.8, 4) is 6.07 Å². The lowest BCUT2D eigenvalue weighted by Gasteiger charge is -2.24. The normalized spacial score (nSPS) is 16.0. The average Bonchev–Trinajstić information content (AvgIpc) is 3.09. The number of nitriles is 1. The van der Waals surface area contributed by atoms with E-state index in [0.29, 0.717) is 19.0 Å². The van der Waals surface area contributed by atoms with Crippen molar-refractivity contribution < 1.29 is 4.79 Å². The maximum Gasteiger partial charge on any atom is 0.240 e. The van der Waals surface area contributed by atoms with Gasteiger partial charge in [0, 0.05) is 12.6 Å². The second kappa shape index (κ2) is 6.01. The van der Waals surface area contributed by atoms with Crippen LogP contribution in [0.4, 0.5) is 0 Å². The molecule has 0 aromatic carbocycles. The van der Waals surface area contributed by atoms with Crippen molar-refractivity contribution in [3.05, 3.63) is 22.4 Å². The molecule has 1 aliphatic rings. The van der Waals surface area contributed by atoms with Crippen LogP contribution in [0.1, 0.15) is 38.2 Å². The highest BCUT2D eigenvalue weighted by atomic mass is 32.1. The van der Waals surface area contributed by atoms with Crippen molar-refractivity contribution in [2.75, 3.05) is 0 Å². The third-order valence-electron chi connectivity index (χ3n) is 3.24. The van der Waals surface area contributed by atoms with Crippen LogP contribution in [-0.4, -0.2) is 16.8 Å². The molecule has 18 heavy (non-hydrogen) atoms. The maximum atomic E-state index is 12.4. The first kappa shape index (κ1) is 13.1. The monoisotopic (exact) mass is 262 g/mol. The van der Waals surface area contributed by atoms with Gasteiger partial charge in [-0.1, -0.05) is 13.3 Å². The molecule has 1 fully saturated rings. The lowest BCUT2D eigenvalue weighted by molar-refractivity contribution is -0.135. The predicted molar refractivity (Wildman–Crippen MR) is 71.9 cm³/mol. The Kier molecular flexibility index (Phi) is 4.38. The molecule has 1 amide bonds. The van der Waals surface area contributed by atoms with E-state index in [1.165, 1.54) is 5.56 Å². The molecule has 1 aromatic rings. The maximum absolute atomic E-state index is 12.4. The van der Waals surface area contributed by atoms with E-state index in [4.69, 9.17) is 5.26 Å². The van der Waals surface area contributed by atoms with Gasteiger partial charge in [0.2, 0.25) is 5.91 Å². The molecule has 3 nitrogen and oxygen atoms in total. The molecule has 96 valence electrons. The second-order valence-corrected chi connectivity index (χ2v) is 5.58. The minimum absolute atomic E-state index is 0.0213. The first-order valence-electron chi connectivity index (χ1n) is 6.47. The van der Waals surface area contributed by atoms with Gasteiger partial charge in [-0.25, -0.2) is 0 Å². The van der Waals surface area contributed by atoms with Crippen molar-refractivity contribution in [1.82, 2.24) is 4.90 Å². The molecule has 2 rings (SSSR count). The predicted octanol–water partition coefficient (Wildman–Crippen LogP) is 3.18. The molecule has 0 radical (unpaired) electrons. The molecule has 0 N–H and O–H groups in total. The Morgan fingerprint density at radius 3 is 2.94 bits per heavy atom. The average molecular weight is 262 g/mol. The number of nitrogens with zero attached hydrogens (tertiary/aromatic N) is 2. The highest BCUT2D eigenvalue weighted by Gasteiger charge is 2.35. The van der Waals surface area contributed by atoms with Crippen LogP contribution >= 0.6 is 11.3 Å². The molecular weight excluding hydrogens is 244 g/mol. The summed E-state index contributed by atoms with van der Waals surface area (Å²) < 4.78 is 0. The van der Waals surface area contributed by atoms with E-state index in [-0.39, 0.29) is 5.91 Å². The highest BCUT2D eigenvalue weighted by molar-refractivity contribution is 7.07. The molecule has 1 saturated carbocycles. The van der Waals surface area contributed by atoms with Gasteiger partial charge in [-0.2, -0.15) is 16.6 Å². The Morgan fingerprint density at radius 1 is 1.67 bits per heavy atom. The number of rotatable bonds is 6. The molecule has 0 spiro atoms. The summed E-state index contributed by atoms with van der Waals surface area (Å²) in [5.74, 6) is -0.442. The van der Waals surface area contributed by atoms with E-state index >= 15 is 0 Å². The van der Waals surface area contributed by atoms with Crippen molar-refractivity contribution in [3.63, 3.8) is 0 Å². The van der Waals surface area contributed by atoms with Crippen LogP contribution in [0.5, 0.6) is 0 Å². The van der Waals surface area contributed by atoms with Gasteiger partial charge in [0.1, 0.15) is 5.92 Å². The van der Waals surface area contributed by atoms with Crippen LogP contribution in [0.2, 0.25) is 0 Å². The van der Waals surface area contributed by atoms with E-state index in [1.807, 2.05) is 17.2 Å². The molecule has 1 unspecified atom stereocenters. The third-order valence-corrected chi connectivity index (χ3v) is 3.97. The Balaban J connectivity index is 2.05. The van der Waals surface area contributed by atoms with Gasteiger partial charge in [0.25, 0.3) is 0 Å². The van der Waals surface area contributed by atoms with Crippen molar-refractivity contribution >= 4 is 17.2 Å². The molecule has 0 aliphatic heterocycles. The lowest BCUT2D eigenvalue weighted by atomic mass is 10.0. The molecule has 0 saturated heterocycles. The van der Waals surface area contributed by atoms with Gasteiger partial charge >= 0.3 is 0 Å². The molecule has 1 aromatic heterocycles. The van der Waals surface area contributed by atoms with Gasteiger partial charge < -0.3 is 4.90 Å². The van der Waals surface area contributed by atoms with E-state index in [0.717, 1.165) is 19.3 Å². The SMILES string of the molecule is CCCC(C#N)C(=O)N(Cc1ccsc1)C1CC1. The van der Waals surface area contributed by atoms with Gasteiger partial charge in [0.15, 0.2) is 0 Å². The van der Waals surface area contributed by atoms with E-state index in [1.54, 1.807) is 11.3 Å². The Hall–Kier alpha value is -1.34. The number of amides is 1. The van der Waals surface area contributed by atoms with Crippen molar-refractivity contribution in [2.24, 2.45) is 5.92 Å². The van der Waals surface area contributed by atoms with Crippen LogP contribution < -0.4 is 0 Å². The molecule has 4 heteroatoms. The van der Waals surface area contributed by atoms with Gasteiger partial charge in [-0.05, 0) is 41.7 Å². The molecule has 0 bridgehead atoms. The van der Waals surface area contributed by atoms with Crippen LogP contribution in [0.15, 0.2) is 16.8 Å². The van der Waals surface area contributed by atoms with E-state index < -0.39 is 5.92 Å². The zero-order chi connectivity index (χ0) is 13.0. The van der Waals surface area contributed by atoms with Gasteiger partial charge in [-0.15, -0.1) is 0 Å². The number of hydrogen-bond donors (Lipinski definition) is 0. The Bertz CT molecular complexity index is 431. The number of carbonyl (C=O) groups is 1. The summed E-state index contributed by atoms with van der Waals surface area (Å²) >= 11 is 1.65. The van der Waals surface area contributed by atoms with Crippen LogP contribution in [-0.2, 0) is 11.3 Å². The zero-order valence-corrected chi connectivity index (χ0v) is 11.4. The quantitative estimate of drug-likeness (QED) is 0.790. The minimum Gasteiger partial charge on any atom is -0.334 e. The Morgan fingerprint density at radius 2 is 2.44 bits per heavy atom.